The van der Waals surface area contributed by atoms with Crippen LogP contribution in [0.15, 0.2) is 71.8 Å². The third-order valence-corrected chi connectivity index (χ3v) is 4.81. The van der Waals surface area contributed by atoms with Gasteiger partial charge in [-0.2, -0.15) is 13.2 Å². The second-order valence-corrected chi connectivity index (χ2v) is 7.10. The van der Waals surface area contributed by atoms with Gasteiger partial charge in [0.05, 0.1) is 17.5 Å². The van der Waals surface area contributed by atoms with Crippen molar-refractivity contribution >= 4 is 11.8 Å². The molecule has 0 saturated carbocycles. The molecule has 6 heteroatoms. The summed E-state index contributed by atoms with van der Waals surface area (Å²) in [6, 6.07) is 17.1. The second kappa shape index (κ2) is 8.48. The van der Waals surface area contributed by atoms with Crippen LogP contribution in [0.5, 0.6) is 5.75 Å². The standard InChI is InChI=1S/C21H18F3NOS/c1-2-27-20-12-16(21(22,23)24)8-10-18(20)19-11-9-17(13-25-19)26-14-15-6-4-3-5-7-15/h3-13H,2,14H2,1H3. The highest BCUT2D eigenvalue weighted by molar-refractivity contribution is 7.99. The molecule has 27 heavy (non-hydrogen) atoms. The van der Waals surface area contributed by atoms with E-state index in [2.05, 4.69) is 4.98 Å². The van der Waals surface area contributed by atoms with Gasteiger partial charge in [-0.1, -0.05) is 43.3 Å². The molecular formula is C21H18F3NOS. The van der Waals surface area contributed by atoms with E-state index in [9.17, 15) is 13.2 Å². The van der Waals surface area contributed by atoms with Crippen molar-refractivity contribution in [2.75, 3.05) is 5.75 Å². The molecule has 1 aromatic heterocycles. The quantitative estimate of drug-likeness (QED) is 0.452. The van der Waals surface area contributed by atoms with Crippen LogP contribution < -0.4 is 4.74 Å². The first kappa shape index (κ1) is 19.3. The van der Waals surface area contributed by atoms with Gasteiger partial charge in [0.1, 0.15) is 12.4 Å². The summed E-state index contributed by atoms with van der Waals surface area (Å²) in [5.74, 6) is 1.28. The Labute approximate surface area is 160 Å². The Morgan fingerprint density at radius 3 is 2.41 bits per heavy atom. The second-order valence-electron chi connectivity index (χ2n) is 5.80. The predicted molar refractivity (Wildman–Crippen MR) is 102 cm³/mol. The summed E-state index contributed by atoms with van der Waals surface area (Å²) >= 11 is 1.37. The zero-order chi connectivity index (χ0) is 19.3. The number of pyridine rings is 1. The fourth-order valence-corrected chi connectivity index (χ4v) is 3.40. The molecule has 0 atom stereocenters. The van der Waals surface area contributed by atoms with E-state index in [0.29, 0.717) is 34.3 Å². The number of thioether (sulfide) groups is 1. The summed E-state index contributed by atoms with van der Waals surface area (Å²) in [4.78, 5) is 4.94. The van der Waals surface area contributed by atoms with Gasteiger partial charge in [0.2, 0.25) is 0 Å². The molecule has 0 aliphatic carbocycles. The van der Waals surface area contributed by atoms with Crippen LogP contribution in [0.1, 0.15) is 18.1 Å². The predicted octanol–water partition coefficient (Wildman–Crippen LogP) is 6.46. The number of halogens is 3. The van der Waals surface area contributed by atoms with Crippen LogP contribution in [0.4, 0.5) is 13.2 Å². The average molecular weight is 389 g/mol. The van der Waals surface area contributed by atoms with Crippen molar-refractivity contribution in [3.05, 3.63) is 78.0 Å². The molecule has 0 saturated heterocycles. The summed E-state index contributed by atoms with van der Waals surface area (Å²) in [6.07, 6.45) is -2.76. The summed E-state index contributed by atoms with van der Waals surface area (Å²) < 4.78 is 44.6. The minimum absolute atomic E-state index is 0.430. The van der Waals surface area contributed by atoms with Crippen LogP contribution in [0, 0.1) is 0 Å². The van der Waals surface area contributed by atoms with Gasteiger partial charge in [-0.25, -0.2) is 0 Å². The molecule has 0 bridgehead atoms. The molecule has 0 unspecified atom stereocenters. The van der Waals surface area contributed by atoms with Crippen molar-refractivity contribution in [3.8, 4) is 17.0 Å². The lowest BCUT2D eigenvalue weighted by atomic mass is 10.1. The smallest absolute Gasteiger partial charge is 0.416 e. The molecule has 0 amide bonds. The molecule has 0 spiro atoms. The van der Waals surface area contributed by atoms with Crippen molar-refractivity contribution in [2.45, 2.75) is 24.6 Å². The minimum Gasteiger partial charge on any atom is -0.487 e. The van der Waals surface area contributed by atoms with E-state index >= 15 is 0 Å². The third kappa shape index (κ3) is 5.04. The third-order valence-electron chi connectivity index (χ3n) is 3.87. The number of hydrogen-bond acceptors (Lipinski definition) is 3. The molecule has 140 valence electrons. The first-order valence-corrected chi connectivity index (χ1v) is 9.43. The molecule has 1 heterocycles. The van der Waals surface area contributed by atoms with Crippen molar-refractivity contribution in [1.82, 2.24) is 4.98 Å². The summed E-state index contributed by atoms with van der Waals surface area (Å²) in [5, 5.41) is 0. The van der Waals surface area contributed by atoms with Crippen molar-refractivity contribution < 1.29 is 17.9 Å². The van der Waals surface area contributed by atoms with E-state index in [0.717, 1.165) is 11.6 Å². The van der Waals surface area contributed by atoms with E-state index in [-0.39, 0.29) is 0 Å². The monoisotopic (exact) mass is 389 g/mol. The molecule has 3 aromatic rings. The average Bonchev–Trinajstić information content (AvgIpc) is 2.67. The van der Waals surface area contributed by atoms with Crippen molar-refractivity contribution in [2.24, 2.45) is 0 Å². The van der Waals surface area contributed by atoms with Crippen LogP contribution in [-0.4, -0.2) is 10.7 Å². The van der Waals surface area contributed by atoms with Gasteiger partial charge in [0, 0.05) is 10.5 Å². The number of ether oxygens (including phenoxy) is 1. The fourth-order valence-electron chi connectivity index (χ4n) is 2.55. The van der Waals surface area contributed by atoms with Crippen LogP contribution in [0.2, 0.25) is 0 Å². The van der Waals surface area contributed by atoms with Gasteiger partial charge in [-0.05, 0) is 35.6 Å². The molecule has 0 fully saturated rings. The zero-order valence-corrected chi connectivity index (χ0v) is 15.5. The number of aromatic nitrogens is 1. The number of nitrogens with zero attached hydrogens (tertiary/aromatic N) is 1. The first-order valence-electron chi connectivity index (χ1n) is 8.44. The Morgan fingerprint density at radius 1 is 1.00 bits per heavy atom. The van der Waals surface area contributed by atoms with E-state index < -0.39 is 11.7 Å². The molecule has 2 nitrogen and oxygen atoms in total. The SMILES string of the molecule is CCSc1cc(C(F)(F)F)ccc1-c1ccc(OCc2ccccc2)cn1. The number of alkyl halides is 3. The number of rotatable bonds is 6. The molecule has 2 aromatic carbocycles. The molecular weight excluding hydrogens is 371 g/mol. The lowest BCUT2D eigenvalue weighted by Crippen LogP contribution is -2.05. The normalized spacial score (nSPS) is 11.4. The highest BCUT2D eigenvalue weighted by Gasteiger charge is 2.31. The highest BCUT2D eigenvalue weighted by Crippen LogP contribution is 2.37. The van der Waals surface area contributed by atoms with E-state index in [1.807, 2.05) is 37.3 Å². The Morgan fingerprint density at radius 2 is 1.78 bits per heavy atom. The maximum atomic E-state index is 13.0. The molecule has 0 aliphatic rings. The highest BCUT2D eigenvalue weighted by atomic mass is 32.2. The molecule has 0 N–H and O–H groups in total. The van der Waals surface area contributed by atoms with E-state index in [1.54, 1.807) is 18.3 Å². The lowest BCUT2D eigenvalue weighted by molar-refractivity contribution is -0.137. The van der Waals surface area contributed by atoms with Gasteiger partial charge in [0.15, 0.2) is 0 Å². The van der Waals surface area contributed by atoms with Gasteiger partial charge in [0.25, 0.3) is 0 Å². The summed E-state index contributed by atoms with van der Waals surface area (Å²) in [7, 11) is 0. The maximum Gasteiger partial charge on any atom is 0.416 e. The van der Waals surface area contributed by atoms with Gasteiger partial charge < -0.3 is 4.74 Å². The summed E-state index contributed by atoms with van der Waals surface area (Å²) in [5.41, 5.74) is 1.70. The number of benzene rings is 2. The van der Waals surface area contributed by atoms with E-state index in [1.165, 1.54) is 23.9 Å². The van der Waals surface area contributed by atoms with Crippen molar-refractivity contribution in [1.29, 1.82) is 0 Å². The topological polar surface area (TPSA) is 22.1 Å². The van der Waals surface area contributed by atoms with Crippen LogP contribution in [0.25, 0.3) is 11.3 Å². The number of hydrogen-bond donors (Lipinski definition) is 0. The Balaban J connectivity index is 1.79. The minimum atomic E-state index is -4.36. The van der Waals surface area contributed by atoms with Gasteiger partial charge >= 0.3 is 6.18 Å². The first-order chi connectivity index (χ1) is 13.0. The summed E-state index contributed by atoms with van der Waals surface area (Å²) in [6.45, 7) is 2.34. The Bertz CT molecular complexity index is 880. The lowest BCUT2D eigenvalue weighted by Gasteiger charge is -2.13. The largest absolute Gasteiger partial charge is 0.487 e. The van der Waals surface area contributed by atoms with E-state index in [4.69, 9.17) is 4.74 Å². The molecule has 0 aliphatic heterocycles. The molecule has 0 radical (unpaired) electrons. The van der Waals surface area contributed by atoms with Gasteiger partial charge in [-0.3, -0.25) is 4.98 Å². The van der Waals surface area contributed by atoms with Crippen molar-refractivity contribution in [3.63, 3.8) is 0 Å². The fraction of sp³-hybridized carbons (Fsp3) is 0.190. The Hall–Kier alpha value is -2.47. The maximum absolute atomic E-state index is 13.0. The molecule has 3 rings (SSSR count). The van der Waals surface area contributed by atoms with Crippen LogP contribution in [-0.2, 0) is 12.8 Å². The Kier molecular flexibility index (Phi) is 6.06. The zero-order valence-electron chi connectivity index (χ0n) is 14.7. The van der Waals surface area contributed by atoms with Crippen LogP contribution >= 0.6 is 11.8 Å². The van der Waals surface area contributed by atoms with Crippen LogP contribution in [0.3, 0.4) is 0 Å². The van der Waals surface area contributed by atoms with Gasteiger partial charge in [-0.15, -0.1) is 11.8 Å².